The van der Waals surface area contributed by atoms with Gasteiger partial charge in [0.1, 0.15) is 5.92 Å². The van der Waals surface area contributed by atoms with Crippen molar-refractivity contribution in [2.45, 2.75) is 53.1 Å². The van der Waals surface area contributed by atoms with Crippen LogP contribution in [0, 0.1) is 18.8 Å². The molecule has 3 rings (SSSR count). The summed E-state index contributed by atoms with van der Waals surface area (Å²) in [5.41, 5.74) is 2.35. The lowest BCUT2D eigenvalue weighted by molar-refractivity contribution is -0.151. The molecular formula is C22H27NO5S. The molecule has 156 valence electrons. The molecule has 1 aliphatic carbocycles. The predicted octanol–water partition coefficient (Wildman–Crippen LogP) is 3.62. The van der Waals surface area contributed by atoms with Gasteiger partial charge < -0.3 is 14.8 Å². The highest BCUT2D eigenvalue weighted by Gasteiger charge is 2.47. The SMILES string of the molecule is COC(=O)[C@H]1C(=O)C2=C(C[C@@H]1C)NC(C)=C(C(=O)OC(C)C)[C@@H]2c1ccc(C)s1. The molecular weight excluding hydrogens is 390 g/mol. The van der Waals surface area contributed by atoms with Gasteiger partial charge in [0.25, 0.3) is 0 Å². The quantitative estimate of drug-likeness (QED) is 0.595. The molecule has 1 aromatic heterocycles. The summed E-state index contributed by atoms with van der Waals surface area (Å²) in [6.07, 6.45) is 0.250. The second-order valence-electron chi connectivity index (χ2n) is 7.94. The number of ether oxygens (including phenoxy) is 2. The van der Waals surface area contributed by atoms with Crippen molar-refractivity contribution in [1.82, 2.24) is 5.32 Å². The minimum Gasteiger partial charge on any atom is -0.468 e. The molecule has 0 radical (unpaired) electrons. The summed E-state index contributed by atoms with van der Waals surface area (Å²) in [6, 6.07) is 3.91. The maximum Gasteiger partial charge on any atom is 0.337 e. The number of hydrogen-bond acceptors (Lipinski definition) is 7. The topological polar surface area (TPSA) is 81.7 Å². The van der Waals surface area contributed by atoms with Crippen molar-refractivity contribution in [3.63, 3.8) is 0 Å². The monoisotopic (exact) mass is 417 g/mol. The summed E-state index contributed by atoms with van der Waals surface area (Å²) >= 11 is 1.54. The van der Waals surface area contributed by atoms with Crippen molar-refractivity contribution in [1.29, 1.82) is 0 Å². The van der Waals surface area contributed by atoms with E-state index in [0.29, 0.717) is 23.3 Å². The van der Waals surface area contributed by atoms with Crippen LogP contribution >= 0.6 is 11.3 Å². The van der Waals surface area contributed by atoms with E-state index >= 15 is 0 Å². The Balaban J connectivity index is 2.15. The number of Topliss-reactive ketones (excluding diaryl/α,β-unsaturated/α-hetero) is 1. The van der Waals surface area contributed by atoms with Gasteiger partial charge in [-0.3, -0.25) is 9.59 Å². The number of nitrogens with one attached hydrogen (secondary N) is 1. The molecule has 0 fully saturated rings. The number of rotatable bonds is 4. The van der Waals surface area contributed by atoms with E-state index in [1.165, 1.54) is 18.4 Å². The van der Waals surface area contributed by atoms with E-state index in [2.05, 4.69) is 5.32 Å². The number of ketones is 1. The third-order valence-electron chi connectivity index (χ3n) is 5.35. The van der Waals surface area contributed by atoms with Crippen LogP contribution in [0.1, 0.15) is 49.8 Å². The zero-order valence-electron chi connectivity index (χ0n) is 17.6. The Kier molecular flexibility index (Phi) is 5.98. The van der Waals surface area contributed by atoms with Gasteiger partial charge in [-0.1, -0.05) is 6.92 Å². The second kappa shape index (κ2) is 8.14. The minimum atomic E-state index is -0.870. The number of hydrogen-bond donors (Lipinski definition) is 1. The smallest absolute Gasteiger partial charge is 0.337 e. The molecule has 0 unspecified atom stereocenters. The standard InChI is InChI=1S/C22H27NO5S/c1-10(2)28-22(26)17-13(5)23-14-9-11(3)16(21(25)27-6)20(24)18(14)19(17)15-8-7-12(4)29-15/h7-8,10-11,16,19,23H,9H2,1-6H3/t11-,16+,19-/m0/s1. The van der Waals surface area contributed by atoms with Crippen LogP contribution in [0.15, 0.2) is 34.7 Å². The number of dihydropyridines is 1. The highest BCUT2D eigenvalue weighted by Crippen LogP contribution is 2.47. The molecule has 1 aromatic rings. The molecule has 0 saturated carbocycles. The van der Waals surface area contributed by atoms with Crippen LogP contribution in [-0.4, -0.2) is 30.9 Å². The molecule has 2 heterocycles. The van der Waals surface area contributed by atoms with E-state index < -0.39 is 23.8 Å². The number of aryl methyl sites for hydroxylation is 1. The van der Waals surface area contributed by atoms with E-state index in [9.17, 15) is 14.4 Å². The third kappa shape index (κ3) is 3.88. The van der Waals surface area contributed by atoms with E-state index in [-0.39, 0.29) is 17.8 Å². The lowest BCUT2D eigenvalue weighted by Gasteiger charge is -2.37. The molecule has 0 amide bonds. The zero-order chi connectivity index (χ0) is 21.5. The minimum absolute atomic E-state index is 0.191. The Bertz CT molecular complexity index is 923. The van der Waals surface area contributed by atoms with E-state index in [1.807, 2.05) is 32.9 Å². The molecule has 0 aromatic carbocycles. The summed E-state index contributed by atoms with van der Waals surface area (Å²) in [7, 11) is 1.29. The fourth-order valence-electron chi connectivity index (χ4n) is 4.12. The number of carbonyl (C=O) groups is 3. The Labute approximate surface area is 175 Å². The summed E-state index contributed by atoms with van der Waals surface area (Å²) < 4.78 is 10.4. The maximum absolute atomic E-state index is 13.5. The maximum atomic E-state index is 13.5. The summed E-state index contributed by atoms with van der Waals surface area (Å²) in [4.78, 5) is 40.8. The first-order chi connectivity index (χ1) is 13.6. The van der Waals surface area contributed by atoms with Crippen molar-refractivity contribution in [2.75, 3.05) is 7.11 Å². The van der Waals surface area contributed by atoms with Gasteiger partial charge in [-0.15, -0.1) is 11.3 Å². The Morgan fingerprint density at radius 3 is 2.48 bits per heavy atom. The normalized spacial score (nSPS) is 24.4. The van der Waals surface area contributed by atoms with Gasteiger partial charge in [0.05, 0.1) is 24.7 Å². The number of carbonyl (C=O) groups excluding carboxylic acids is 3. The second-order valence-corrected chi connectivity index (χ2v) is 9.26. The van der Waals surface area contributed by atoms with Gasteiger partial charge in [0.15, 0.2) is 5.78 Å². The largest absolute Gasteiger partial charge is 0.468 e. The van der Waals surface area contributed by atoms with Crippen molar-refractivity contribution in [2.24, 2.45) is 11.8 Å². The fraction of sp³-hybridized carbons (Fsp3) is 0.500. The highest BCUT2D eigenvalue weighted by molar-refractivity contribution is 7.12. The molecule has 0 spiro atoms. The molecule has 1 N–H and O–H groups in total. The van der Waals surface area contributed by atoms with Gasteiger partial charge in [0.2, 0.25) is 0 Å². The van der Waals surface area contributed by atoms with Crippen molar-refractivity contribution in [3.05, 3.63) is 44.4 Å². The summed E-state index contributed by atoms with van der Waals surface area (Å²) in [5.74, 6) is -2.88. The van der Waals surface area contributed by atoms with Crippen LogP contribution in [0.3, 0.4) is 0 Å². The fourth-order valence-corrected chi connectivity index (χ4v) is 5.12. The van der Waals surface area contributed by atoms with Crippen LogP contribution in [-0.2, 0) is 23.9 Å². The molecule has 7 heteroatoms. The lowest BCUT2D eigenvalue weighted by Crippen LogP contribution is -2.43. The molecule has 1 aliphatic heterocycles. The first kappa shape index (κ1) is 21.3. The van der Waals surface area contributed by atoms with Crippen molar-refractivity contribution < 1.29 is 23.9 Å². The first-order valence-corrected chi connectivity index (χ1v) is 10.6. The van der Waals surface area contributed by atoms with Crippen LogP contribution in [0.2, 0.25) is 0 Å². The Morgan fingerprint density at radius 2 is 1.93 bits per heavy atom. The Hall–Kier alpha value is -2.41. The zero-order valence-corrected chi connectivity index (χ0v) is 18.4. The van der Waals surface area contributed by atoms with Crippen LogP contribution in [0.4, 0.5) is 0 Å². The van der Waals surface area contributed by atoms with Gasteiger partial charge in [-0.25, -0.2) is 4.79 Å². The van der Waals surface area contributed by atoms with Crippen LogP contribution < -0.4 is 5.32 Å². The van der Waals surface area contributed by atoms with Gasteiger partial charge in [0, 0.05) is 26.7 Å². The van der Waals surface area contributed by atoms with Crippen LogP contribution in [0.5, 0.6) is 0 Å². The van der Waals surface area contributed by atoms with Gasteiger partial charge in [-0.2, -0.15) is 0 Å². The number of methoxy groups -OCH3 is 1. The van der Waals surface area contributed by atoms with E-state index in [1.54, 1.807) is 13.8 Å². The van der Waals surface area contributed by atoms with Crippen molar-refractivity contribution in [3.8, 4) is 0 Å². The highest BCUT2D eigenvalue weighted by atomic mass is 32.1. The van der Waals surface area contributed by atoms with E-state index in [4.69, 9.17) is 9.47 Å². The van der Waals surface area contributed by atoms with Crippen LogP contribution in [0.25, 0.3) is 0 Å². The molecule has 3 atom stereocenters. The average molecular weight is 418 g/mol. The summed E-state index contributed by atoms with van der Waals surface area (Å²) in [6.45, 7) is 9.27. The molecule has 6 nitrogen and oxygen atoms in total. The van der Waals surface area contributed by atoms with Crippen molar-refractivity contribution >= 4 is 29.1 Å². The third-order valence-corrected chi connectivity index (χ3v) is 6.42. The number of allylic oxidation sites excluding steroid dienone is 3. The molecule has 2 aliphatic rings. The van der Waals surface area contributed by atoms with E-state index in [0.717, 1.165) is 15.5 Å². The first-order valence-electron chi connectivity index (χ1n) is 9.75. The molecule has 29 heavy (non-hydrogen) atoms. The Morgan fingerprint density at radius 1 is 1.24 bits per heavy atom. The number of thiophene rings is 1. The predicted molar refractivity (Wildman–Crippen MR) is 110 cm³/mol. The molecule has 0 saturated heterocycles. The average Bonchev–Trinajstić information content (AvgIpc) is 3.05. The summed E-state index contributed by atoms with van der Waals surface area (Å²) in [5, 5.41) is 3.26. The van der Waals surface area contributed by atoms with Gasteiger partial charge >= 0.3 is 11.9 Å². The lowest BCUT2D eigenvalue weighted by atomic mass is 9.70. The van der Waals surface area contributed by atoms with Gasteiger partial charge in [-0.05, 0) is 52.2 Å². The molecule has 0 bridgehead atoms. The number of esters is 2.